The number of nitrogen functional groups attached to an aromatic ring is 1. The van der Waals surface area contributed by atoms with E-state index in [9.17, 15) is 13.6 Å². The maximum atomic E-state index is 15.0. The highest BCUT2D eigenvalue weighted by atomic mass is 19.1. The molecule has 238 valence electrons. The van der Waals surface area contributed by atoms with Crippen molar-refractivity contribution in [2.24, 2.45) is 5.41 Å². The van der Waals surface area contributed by atoms with Gasteiger partial charge in [-0.15, -0.1) is 0 Å². The van der Waals surface area contributed by atoms with Gasteiger partial charge in [0.1, 0.15) is 23.1 Å². The lowest BCUT2D eigenvalue weighted by molar-refractivity contribution is 0.0527. The number of carbonyl (C=O) groups is 1. The van der Waals surface area contributed by atoms with Gasteiger partial charge in [-0.3, -0.25) is 0 Å². The lowest BCUT2D eigenvalue weighted by atomic mass is 9.82. The molecule has 3 aromatic carbocycles. The van der Waals surface area contributed by atoms with Gasteiger partial charge in [0.2, 0.25) is 0 Å². The van der Waals surface area contributed by atoms with Crippen molar-refractivity contribution >= 4 is 17.9 Å². The fraction of sp³-hybridized carbons (Fsp3) is 0.333. The van der Waals surface area contributed by atoms with Crippen LogP contribution in [0.4, 0.5) is 19.3 Å². The van der Waals surface area contributed by atoms with E-state index in [1.54, 1.807) is 6.20 Å². The Kier molecular flexibility index (Phi) is 10.8. The molecule has 0 aliphatic rings. The summed E-state index contributed by atoms with van der Waals surface area (Å²) in [5.41, 5.74) is 7.96. The molecule has 45 heavy (non-hydrogen) atoms. The van der Waals surface area contributed by atoms with E-state index in [4.69, 9.17) is 15.5 Å². The summed E-state index contributed by atoms with van der Waals surface area (Å²) >= 11 is 0. The molecule has 1 atom stereocenters. The van der Waals surface area contributed by atoms with E-state index in [1.165, 1.54) is 6.07 Å². The van der Waals surface area contributed by atoms with Crippen molar-refractivity contribution in [3.63, 3.8) is 0 Å². The minimum Gasteiger partial charge on any atom is -0.444 e. The van der Waals surface area contributed by atoms with Crippen LogP contribution in [0.25, 0.3) is 17.3 Å². The van der Waals surface area contributed by atoms with E-state index in [2.05, 4.69) is 30.6 Å². The Balaban J connectivity index is 1.68. The van der Waals surface area contributed by atoms with Gasteiger partial charge < -0.3 is 25.7 Å². The van der Waals surface area contributed by atoms with Gasteiger partial charge in [-0.25, -0.2) is 18.6 Å². The Bertz CT molecular complexity index is 1590. The highest BCUT2D eigenvalue weighted by molar-refractivity contribution is 5.67. The van der Waals surface area contributed by atoms with Crippen LogP contribution in [0.5, 0.6) is 0 Å². The molecule has 4 aromatic rings. The Hall–Kier alpha value is -4.50. The van der Waals surface area contributed by atoms with Gasteiger partial charge in [-0.05, 0) is 75.2 Å². The molecule has 0 bridgehead atoms. The second-order valence-electron chi connectivity index (χ2n) is 12.7. The third kappa shape index (κ3) is 9.74. The Labute approximate surface area is 264 Å². The molecule has 4 N–H and O–H groups in total. The van der Waals surface area contributed by atoms with Crippen LogP contribution in [0, 0.1) is 17.0 Å². The van der Waals surface area contributed by atoms with E-state index in [-0.39, 0.29) is 11.6 Å². The van der Waals surface area contributed by atoms with Crippen LogP contribution in [0.1, 0.15) is 64.0 Å². The minimum absolute atomic E-state index is 0.0959. The van der Waals surface area contributed by atoms with Crippen LogP contribution in [0.2, 0.25) is 0 Å². The quantitative estimate of drug-likeness (QED) is 0.112. The van der Waals surface area contributed by atoms with Crippen LogP contribution in [0.15, 0.2) is 85.1 Å². The molecule has 7 nitrogen and oxygen atoms in total. The molecule has 0 saturated heterocycles. The van der Waals surface area contributed by atoms with E-state index in [0.29, 0.717) is 43.3 Å². The smallest absolute Gasteiger partial charge is 0.407 e. The predicted molar refractivity (Wildman–Crippen MR) is 176 cm³/mol. The van der Waals surface area contributed by atoms with Crippen molar-refractivity contribution in [2.45, 2.75) is 59.2 Å². The van der Waals surface area contributed by atoms with Crippen molar-refractivity contribution in [2.75, 3.05) is 18.8 Å². The lowest BCUT2D eigenvalue weighted by Crippen LogP contribution is -2.38. The summed E-state index contributed by atoms with van der Waals surface area (Å²) in [5.74, 6) is -0.415. The number of hydrogen-bond donors (Lipinski definition) is 3. The molecule has 0 spiro atoms. The molecule has 9 heteroatoms. The average molecular weight is 616 g/mol. The van der Waals surface area contributed by atoms with E-state index >= 15 is 0 Å². The molecule has 4 rings (SSSR count). The second-order valence-corrected chi connectivity index (χ2v) is 12.7. The molecule has 0 fully saturated rings. The van der Waals surface area contributed by atoms with Gasteiger partial charge in [0.25, 0.3) is 0 Å². The number of ether oxygens (including phenoxy) is 1. The number of aromatic nitrogens is 2. The largest absolute Gasteiger partial charge is 0.444 e. The molecule has 1 aromatic heterocycles. The number of anilines is 1. The van der Waals surface area contributed by atoms with Gasteiger partial charge in [0.15, 0.2) is 0 Å². The fourth-order valence-electron chi connectivity index (χ4n) is 4.93. The first-order valence-corrected chi connectivity index (χ1v) is 15.1. The van der Waals surface area contributed by atoms with Gasteiger partial charge in [-0.1, -0.05) is 68.5 Å². The Morgan fingerprint density at radius 1 is 1.00 bits per heavy atom. The molecule has 1 amide bonds. The zero-order chi connectivity index (χ0) is 32.6. The molecule has 0 aliphatic heterocycles. The van der Waals surface area contributed by atoms with Crippen molar-refractivity contribution in [3.05, 3.63) is 114 Å². The zero-order valence-electron chi connectivity index (χ0n) is 26.6. The number of nitrogens with two attached hydrogens (primary N) is 1. The third-order valence-electron chi connectivity index (χ3n) is 7.22. The van der Waals surface area contributed by atoms with Crippen molar-refractivity contribution < 1.29 is 18.3 Å². The van der Waals surface area contributed by atoms with Gasteiger partial charge in [0.05, 0.1) is 11.7 Å². The predicted octanol–water partition coefficient (Wildman–Crippen LogP) is 7.74. The highest BCUT2D eigenvalue weighted by Crippen LogP contribution is 2.37. The third-order valence-corrected chi connectivity index (χ3v) is 7.22. The average Bonchev–Trinajstić information content (AvgIpc) is 3.38. The maximum absolute atomic E-state index is 15.0. The maximum Gasteiger partial charge on any atom is 0.407 e. The number of halogens is 2. The summed E-state index contributed by atoms with van der Waals surface area (Å²) in [6, 6.07) is 20.6. The number of imidazole rings is 1. The molecular weight excluding hydrogens is 572 g/mol. The molecule has 0 aliphatic carbocycles. The van der Waals surface area contributed by atoms with E-state index < -0.39 is 28.7 Å². The van der Waals surface area contributed by atoms with E-state index in [0.717, 1.165) is 23.3 Å². The molecule has 0 saturated carbocycles. The van der Waals surface area contributed by atoms with Gasteiger partial charge >= 0.3 is 6.09 Å². The summed E-state index contributed by atoms with van der Waals surface area (Å²) < 4.78 is 36.5. The number of rotatable bonds is 12. The van der Waals surface area contributed by atoms with Crippen molar-refractivity contribution in [1.29, 1.82) is 0 Å². The molecular formula is C36H43F2N5O2. The SMILES string of the molecule is CC(C)(C)OC(=O)NCCCN[C@@H](c1nc(-c2cc(F)ccc2F)cn1Cc1ccccc1)C(C)(C)C=Cc1ccc(N)cc1. The minimum atomic E-state index is -0.580. The van der Waals surface area contributed by atoms with Crippen LogP contribution in [0.3, 0.4) is 0 Å². The van der Waals surface area contributed by atoms with Crippen molar-refractivity contribution in [3.8, 4) is 11.3 Å². The highest BCUT2D eigenvalue weighted by Gasteiger charge is 2.33. The first kappa shape index (κ1) is 33.4. The number of carbonyl (C=O) groups excluding carboxylic acids is 1. The summed E-state index contributed by atoms with van der Waals surface area (Å²) in [6.45, 7) is 11.1. The molecule has 0 radical (unpaired) electrons. The normalized spacial score (nSPS) is 12.8. The molecule has 1 heterocycles. The van der Waals surface area contributed by atoms with E-state index in [1.807, 2.05) is 86.0 Å². The molecule has 0 unspecified atom stereocenters. The summed E-state index contributed by atoms with van der Waals surface area (Å²) in [4.78, 5) is 17.1. The monoisotopic (exact) mass is 615 g/mol. The summed E-state index contributed by atoms with van der Waals surface area (Å²) in [5, 5.41) is 6.45. The first-order valence-electron chi connectivity index (χ1n) is 15.1. The summed E-state index contributed by atoms with van der Waals surface area (Å²) in [6.07, 6.45) is 6.08. The van der Waals surface area contributed by atoms with Crippen LogP contribution >= 0.6 is 0 Å². The number of hydrogen-bond acceptors (Lipinski definition) is 5. The first-order chi connectivity index (χ1) is 21.3. The number of benzene rings is 3. The summed E-state index contributed by atoms with van der Waals surface area (Å²) in [7, 11) is 0. The Morgan fingerprint density at radius 3 is 2.40 bits per heavy atom. The van der Waals surface area contributed by atoms with Crippen LogP contribution in [-0.4, -0.2) is 34.3 Å². The number of amides is 1. The van der Waals surface area contributed by atoms with Gasteiger partial charge in [-0.2, -0.15) is 0 Å². The lowest BCUT2D eigenvalue weighted by Gasteiger charge is -2.33. The number of alkyl carbamates (subject to hydrolysis) is 1. The Morgan fingerprint density at radius 2 is 1.71 bits per heavy atom. The topological polar surface area (TPSA) is 94.2 Å². The number of nitrogens with zero attached hydrogens (tertiary/aromatic N) is 2. The number of nitrogens with one attached hydrogen (secondary N) is 2. The van der Waals surface area contributed by atoms with Gasteiger partial charge in [0, 0.05) is 36.0 Å². The second kappa shape index (κ2) is 14.5. The van der Waals surface area contributed by atoms with Crippen LogP contribution < -0.4 is 16.4 Å². The van der Waals surface area contributed by atoms with Crippen molar-refractivity contribution in [1.82, 2.24) is 20.2 Å². The van der Waals surface area contributed by atoms with Crippen LogP contribution in [-0.2, 0) is 11.3 Å². The fourth-order valence-corrected chi connectivity index (χ4v) is 4.93. The standard InChI is InChI=1S/C36H43F2N5O2/c1-35(2,3)45-34(44)41-21-9-20-40-32(36(4,5)19-18-25-12-15-28(39)16-13-25)33-42-31(29-22-27(37)14-17-30(29)38)24-43(33)23-26-10-7-6-8-11-26/h6-8,10-19,22,24,32,40H,9,20-21,23,39H2,1-5H3,(H,41,44)/t32-/m0/s1. The zero-order valence-corrected chi connectivity index (χ0v) is 26.6.